The highest BCUT2D eigenvalue weighted by molar-refractivity contribution is 5.86. The summed E-state index contributed by atoms with van der Waals surface area (Å²) in [5.41, 5.74) is 0.352. The molecule has 0 saturated heterocycles. The molecule has 0 heterocycles. The first kappa shape index (κ1) is 22.0. The minimum atomic E-state index is -1.09. The van der Waals surface area contributed by atoms with Crippen LogP contribution in [0.4, 0.5) is 13.2 Å². The van der Waals surface area contributed by atoms with Gasteiger partial charge in [-0.25, -0.2) is 13.2 Å². The molecular weight excluding hydrogens is 373 g/mol. The number of unbranched alkanes of at least 4 members (excludes halogenated alkanes) is 1. The van der Waals surface area contributed by atoms with Crippen molar-refractivity contribution in [1.29, 1.82) is 0 Å². The van der Waals surface area contributed by atoms with E-state index < -0.39 is 17.5 Å². The molecule has 0 unspecified atom stereocenters. The third-order valence-electron chi connectivity index (χ3n) is 6.40. The fourth-order valence-corrected chi connectivity index (χ4v) is 4.61. The molecule has 0 N–H and O–H groups in total. The fourth-order valence-electron chi connectivity index (χ4n) is 4.61. The molecule has 2 aromatic rings. The maximum absolute atomic E-state index is 14.7. The summed E-state index contributed by atoms with van der Waals surface area (Å²) in [5, 5.41) is 0.0891. The topological polar surface area (TPSA) is 9.23 Å². The van der Waals surface area contributed by atoms with Crippen molar-refractivity contribution >= 4 is 10.8 Å². The van der Waals surface area contributed by atoms with E-state index in [0.29, 0.717) is 29.9 Å². The Balaban J connectivity index is 1.71. The van der Waals surface area contributed by atoms with E-state index in [1.807, 2.05) is 6.92 Å². The molecule has 0 bridgehead atoms. The third kappa shape index (κ3) is 5.26. The molecule has 0 aliphatic heterocycles. The first-order valence-corrected chi connectivity index (χ1v) is 11.3. The van der Waals surface area contributed by atoms with Crippen LogP contribution in [0.1, 0.15) is 77.2 Å². The van der Waals surface area contributed by atoms with Crippen molar-refractivity contribution in [1.82, 2.24) is 0 Å². The van der Waals surface area contributed by atoms with E-state index in [0.717, 1.165) is 25.2 Å². The van der Waals surface area contributed by atoms with Gasteiger partial charge in [0.2, 0.25) is 0 Å². The van der Waals surface area contributed by atoms with Gasteiger partial charge in [0.25, 0.3) is 0 Å². The molecule has 1 aliphatic rings. The second kappa shape index (κ2) is 10.4. The summed E-state index contributed by atoms with van der Waals surface area (Å²) in [4.78, 5) is 0. The van der Waals surface area contributed by atoms with Crippen molar-refractivity contribution < 1.29 is 17.9 Å². The standard InChI is InChI=1S/C25H33F3O/c1-3-5-15-29-21-14-13-19-16-20(23(26)25(28)22(19)24(21)27)12-11-18-9-7-17(6-4-2)8-10-18/h13-14,16-18H,3-12,15H2,1-2H3. The lowest BCUT2D eigenvalue weighted by atomic mass is 9.78. The Kier molecular flexibility index (Phi) is 7.85. The summed E-state index contributed by atoms with van der Waals surface area (Å²) in [5.74, 6) is -1.42. The zero-order chi connectivity index (χ0) is 20.8. The van der Waals surface area contributed by atoms with Gasteiger partial charge in [-0.3, -0.25) is 0 Å². The third-order valence-corrected chi connectivity index (χ3v) is 6.40. The van der Waals surface area contributed by atoms with Gasteiger partial charge < -0.3 is 4.74 Å². The van der Waals surface area contributed by atoms with Crippen LogP contribution in [-0.4, -0.2) is 6.61 Å². The minimum absolute atomic E-state index is 0.0131. The van der Waals surface area contributed by atoms with Gasteiger partial charge in [0.15, 0.2) is 23.2 Å². The number of halogens is 3. The molecule has 0 spiro atoms. The maximum Gasteiger partial charge on any atom is 0.175 e. The van der Waals surface area contributed by atoms with E-state index in [-0.39, 0.29) is 11.1 Å². The number of aryl methyl sites for hydroxylation is 1. The lowest BCUT2D eigenvalue weighted by molar-refractivity contribution is 0.251. The van der Waals surface area contributed by atoms with E-state index >= 15 is 0 Å². The zero-order valence-corrected chi connectivity index (χ0v) is 17.7. The fraction of sp³-hybridized carbons (Fsp3) is 0.600. The summed E-state index contributed by atoms with van der Waals surface area (Å²) < 4.78 is 49.5. The van der Waals surface area contributed by atoms with Crippen LogP contribution < -0.4 is 4.74 Å². The molecule has 0 aromatic heterocycles. The van der Waals surface area contributed by atoms with E-state index in [2.05, 4.69) is 6.92 Å². The van der Waals surface area contributed by atoms with E-state index in [4.69, 9.17) is 4.74 Å². The molecule has 3 rings (SSSR count). The highest BCUT2D eigenvalue weighted by Crippen LogP contribution is 2.35. The van der Waals surface area contributed by atoms with Gasteiger partial charge in [-0.2, -0.15) is 0 Å². The minimum Gasteiger partial charge on any atom is -0.490 e. The van der Waals surface area contributed by atoms with Gasteiger partial charge in [-0.05, 0) is 54.2 Å². The van der Waals surface area contributed by atoms with Crippen LogP contribution in [0.3, 0.4) is 0 Å². The van der Waals surface area contributed by atoms with E-state index in [1.54, 1.807) is 12.1 Å². The normalized spacial score (nSPS) is 19.6. The number of ether oxygens (including phenoxy) is 1. The van der Waals surface area contributed by atoms with Crippen molar-refractivity contribution in [2.24, 2.45) is 11.8 Å². The second-order valence-corrected chi connectivity index (χ2v) is 8.56. The van der Waals surface area contributed by atoms with Gasteiger partial charge in [-0.15, -0.1) is 0 Å². The molecule has 1 fully saturated rings. The van der Waals surface area contributed by atoms with Crippen LogP contribution in [0, 0.1) is 29.3 Å². The molecule has 2 aromatic carbocycles. The van der Waals surface area contributed by atoms with Crippen molar-refractivity contribution in [3.63, 3.8) is 0 Å². The molecule has 0 amide bonds. The largest absolute Gasteiger partial charge is 0.490 e. The second-order valence-electron chi connectivity index (χ2n) is 8.56. The summed E-state index contributed by atoms with van der Waals surface area (Å²) in [6.45, 7) is 4.60. The van der Waals surface area contributed by atoms with E-state index in [1.165, 1.54) is 44.6 Å². The molecule has 0 atom stereocenters. The van der Waals surface area contributed by atoms with Gasteiger partial charge >= 0.3 is 0 Å². The molecule has 0 radical (unpaired) electrons. The number of hydrogen-bond donors (Lipinski definition) is 0. The van der Waals surface area contributed by atoms with Crippen molar-refractivity contribution in [3.8, 4) is 5.75 Å². The predicted octanol–water partition coefficient (Wildman–Crippen LogP) is 7.98. The van der Waals surface area contributed by atoms with Gasteiger partial charge in [0.05, 0.1) is 12.0 Å². The van der Waals surface area contributed by atoms with Gasteiger partial charge in [0.1, 0.15) is 0 Å². The molecule has 160 valence electrons. The Morgan fingerprint density at radius 1 is 0.862 bits per heavy atom. The predicted molar refractivity (Wildman–Crippen MR) is 113 cm³/mol. The Morgan fingerprint density at radius 3 is 2.21 bits per heavy atom. The number of fused-ring (bicyclic) bond motifs is 1. The van der Waals surface area contributed by atoms with Crippen LogP contribution in [0.25, 0.3) is 10.8 Å². The van der Waals surface area contributed by atoms with Crippen molar-refractivity contribution in [2.75, 3.05) is 6.61 Å². The maximum atomic E-state index is 14.7. The number of benzene rings is 2. The monoisotopic (exact) mass is 406 g/mol. The van der Waals surface area contributed by atoms with Crippen LogP contribution >= 0.6 is 0 Å². The summed E-state index contributed by atoms with van der Waals surface area (Å²) in [6.07, 6.45) is 10.4. The van der Waals surface area contributed by atoms with Crippen molar-refractivity contribution in [2.45, 2.75) is 78.1 Å². The molecule has 1 nitrogen and oxygen atoms in total. The highest BCUT2D eigenvalue weighted by Gasteiger charge is 2.23. The lowest BCUT2D eigenvalue weighted by Gasteiger charge is -2.28. The zero-order valence-electron chi connectivity index (χ0n) is 17.7. The summed E-state index contributed by atoms with van der Waals surface area (Å²) in [7, 11) is 0. The van der Waals surface area contributed by atoms with Crippen LogP contribution in [0.5, 0.6) is 5.75 Å². The Labute approximate surface area is 172 Å². The Morgan fingerprint density at radius 2 is 1.55 bits per heavy atom. The van der Waals surface area contributed by atoms with Crippen LogP contribution in [-0.2, 0) is 6.42 Å². The SMILES string of the molecule is CCCCOc1ccc2cc(CCC3CCC(CCC)CC3)c(F)c(F)c2c1F. The van der Waals surface area contributed by atoms with Gasteiger partial charge in [0, 0.05) is 0 Å². The molecule has 4 heteroatoms. The lowest BCUT2D eigenvalue weighted by Crippen LogP contribution is -2.15. The quantitative estimate of drug-likeness (QED) is 0.384. The average Bonchev–Trinajstić information content (AvgIpc) is 2.72. The van der Waals surface area contributed by atoms with Crippen LogP contribution in [0.15, 0.2) is 18.2 Å². The molecule has 1 saturated carbocycles. The number of rotatable bonds is 9. The highest BCUT2D eigenvalue weighted by atomic mass is 19.2. The van der Waals surface area contributed by atoms with Crippen molar-refractivity contribution in [3.05, 3.63) is 41.2 Å². The van der Waals surface area contributed by atoms with Gasteiger partial charge in [-0.1, -0.05) is 64.9 Å². The average molecular weight is 407 g/mol. The number of hydrogen-bond acceptors (Lipinski definition) is 1. The molecule has 29 heavy (non-hydrogen) atoms. The Bertz CT molecular complexity index is 810. The summed E-state index contributed by atoms with van der Waals surface area (Å²) in [6, 6.07) is 4.75. The smallest absolute Gasteiger partial charge is 0.175 e. The van der Waals surface area contributed by atoms with E-state index in [9.17, 15) is 13.2 Å². The van der Waals surface area contributed by atoms with Crippen LogP contribution in [0.2, 0.25) is 0 Å². The first-order chi connectivity index (χ1) is 14.0. The summed E-state index contributed by atoms with van der Waals surface area (Å²) >= 11 is 0. The molecule has 1 aliphatic carbocycles. The first-order valence-electron chi connectivity index (χ1n) is 11.3. The molecular formula is C25H33F3O. The Hall–Kier alpha value is -1.71.